The van der Waals surface area contributed by atoms with Crippen molar-refractivity contribution in [2.75, 3.05) is 0 Å². The maximum absolute atomic E-state index is 4.69. The van der Waals surface area contributed by atoms with E-state index in [2.05, 4.69) is 31.1 Å². The molecule has 3 heteroatoms. The Labute approximate surface area is 84.6 Å². The van der Waals surface area contributed by atoms with Crippen LogP contribution < -0.4 is 5.32 Å². The van der Waals surface area contributed by atoms with Crippen LogP contribution in [0.3, 0.4) is 0 Å². The van der Waals surface area contributed by atoms with Crippen LogP contribution in [-0.4, -0.2) is 22.5 Å². The van der Waals surface area contributed by atoms with E-state index in [0.717, 1.165) is 11.2 Å². The third-order valence-corrected chi connectivity index (χ3v) is 4.42. The molecule has 1 saturated heterocycles. The lowest BCUT2D eigenvalue weighted by molar-refractivity contribution is 0.632. The Morgan fingerprint density at radius 3 is 2.69 bits per heavy atom. The second-order valence-corrected chi connectivity index (χ2v) is 5.44. The Kier molecular flexibility index (Phi) is 2.54. The highest BCUT2D eigenvalue weighted by molar-refractivity contribution is 8.14. The zero-order chi connectivity index (χ0) is 9.42. The summed E-state index contributed by atoms with van der Waals surface area (Å²) in [6, 6.07) is 1.22. The van der Waals surface area contributed by atoms with Crippen LogP contribution in [0.2, 0.25) is 0 Å². The fourth-order valence-corrected chi connectivity index (χ4v) is 2.88. The molecule has 0 bridgehead atoms. The Morgan fingerprint density at radius 1 is 1.54 bits per heavy atom. The molecule has 74 valence electrons. The van der Waals surface area contributed by atoms with E-state index in [9.17, 15) is 0 Å². The maximum Gasteiger partial charge on any atom is 0.157 e. The van der Waals surface area contributed by atoms with Gasteiger partial charge in [-0.3, -0.25) is 4.99 Å². The molecule has 1 heterocycles. The molecular weight excluding hydrogens is 180 g/mol. The van der Waals surface area contributed by atoms with Gasteiger partial charge in [0.2, 0.25) is 0 Å². The Hall–Kier alpha value is -0.180. The van der Waals surface area contributed by atoms with Crippen molar-refractivity contribution in [3.8, 4) is 0 Å². The van der Waals surface area contributed by atoms with Gasteiger partial charge in [-0.05, 0) is 25.7 Å². The van der Waals surface area contributed by atoms with Crippen LogP contribution in [0, 0.1) is 5.92 Å². The number of nitrogens with zero attached hydrogens (tertiary/aromatic N) is 1. The minimum Gasteiger partial charge on any atom is -0.361 e. The van der Waals surface area contributed by atoms with E-state index in [4.69, 9.17) is 0 Å². The van der Waals surface area contributed by atoms with Crippen molar-refractivity contribution in [1.82, 2.24) is 5.32 Å². The fraction of sp³-hybridized carbons (Fsp3) is 0.900. The number of thioether (sulfide) groups is 1. The summed E-state index contributed by atoms with van der Waals surface area (Å²) in [6.07, 6.45) is 2.52. The zero-order valence-electron chi connectivity index (χ0n) is 8.58. The summed E-state index contributed by atoms with van der Waals surface area (Å²) in [5, 5.41) is 5.38. The van der Waals surface area contributed by atoms with Gasteiger partial charge in [0.1, 0.15) is 0 Å². The third-order valence-electron chi connectivity index (χ3n) is 2.92. The summed E-state index contributed by atoms with van der Waals surface area (Å²) in [7, 11) is 0. The molecule has 4 unspecified atom stereocenters. The van der Waals surface area contributed by atoms with Crippen molar-refractivity contribution >= 4 is 16.9 Å². The number of amidine groups is 1. The molecule has 0 aromatic heterocycles. The quantitative estimate of drug-likeness (QED) is 0.736. The van der Waals surface area contributed by atoms with E-state index >= 15 is 0 Å². The summed E-state index contributed by atoms with van der Waals surface area (Å²) in [5.74, 6) is 0.825. The molecule has 1 aliphatic heterocycles. The van der Waals surface area contributed by atoms with Crippen molar-refractivity contribution < 1.29 is 0 Å². The lowest BCUT2D eigenvalue weighted by Crippen LogP contribution is -2.27. The van der Waals surface area contributed by atoms with Crippen LogP contribution >= 0.6 is 11.8 Å². The molecule has 4 atom stereocenters. The number of rotatable bonds is 2. The number of aliphatic imine (C=N–C) groups is 1. The zero-order valence-corrected chi connectivity index (χ0v) is 9.40. The predicted octanol–water partition coefficient (Wildman–Crippen LogP) is 2.25. The molecule has 0 aromatic rings. The van der Waals surface area contributed by atoms with Crippen molar-refractivity contribution in [2.24, 2.45) is 10.9 Å². The van der Waals surface area contributed by atoms with E-state index in [-0.39, 0.29) is 0 Å². The number of hydrogen-bond acceptors (Lipinski definition) is 2. The first-order valence-corrected chi connectivity index (χ1v) is 6.09. The minimum absolute atomic E-state index is 0.600. The monoisotopic (exact) mass is 198 g/mol. The van der Waals surface area contributed by atoms with Gasteiger partial charge in [0, 0.05) is 11.3 Å². The van der Waals surface area contributed by atoms with E-state index in [1.165, 1.54) is 18.0 Å². The first-order chi connectivity index (χ1) is 6.20. The second kappa shape index (κ2) is 3.52. The molecule has 2 aliphatic rings. The largest absolute Gasteiger partial charge is 0.361 e. The Balaban J connectivity index is 1.93. The van der Waals surface area contributed by atoms with Gasteiger partial charge in [0.25, 0.3) is 0 Å². The standard InChI is InChI=1S/C10H18N2S/c1-4-9-7(3)11-10(13-9)12-8-5-6(8)2/h6-9H,4-5H2,1-3H3,(H,11,12). The van der Waals surface area contributed by atoms with E-state index in [0.29, 0.717) is 12.1 Å². The molecule has 1 saturated carbocycles. The molecule has 2 rings (SSSR count). The minimum atomic E-state index is 0.600. The molecule has 2 fully saturated rings. The van der Waals surface area contributed by atoms with Gasteiger partial charge in [-0.15, -0.1) is 0 Å². The van der Waals surface area contributed by atoms with Gasteiger partial charge in [-0.2, -0.15) is 0 Å². The van der Waals surface area contributed by atoms with Crippen molar-refractivity contribution in [1.29, 1.82) is 0 Å². The smallest absolute Gasteiger partial charge is 0.157 e. The normalized spacial score (nSPS) is 46.5. The van der Waals surface area contributed by atoms with Crippen molar-refractivity contribution in [2.45, 2.75) is 50.9 Å². The van der Waals surface area contributed by atoms with Crippen LogP contribution in [0.4, 0.5) is 0 Å². The molecule has 1 aliphatic carbocycles. The van der Waals surface area contributed by atoms with Crippen LogP contribution in [0.15, 0.2) is 4.99 Å². The number of nitrogens with one attached hydrogen (secondary N) is 1. The van der Waals surface area contributed by atoms with Gasteiger partial charge in [0.15, 0.2) is 5.17 Å². The van der Waals surface area contributed by atoms with E-state index < -0.39 is 0 Å². The topological polar surface area (TPSA) is 24.4 Å². The Morgan fingerprint density at radius 2 is 2.23 bits per heavy atom. The number of hydrogen-bond donors (Lipinski definition) is 1. The highest BCUT2D eigenvalue weighted by Gasteiger charge is 2.35. The fourth-order valence-electron chi connectivity index (χ4n) is 1.70. The highest BCUT2D eigenvalue weighted by Crippen LogP contribution is 2.35. The van der Waals surface area contributed by atoms with Gasteiger partial charge in [0.05, 0.1) is 6.04 Å². The Bertz CT molecular complexity index is 227. The van der Waals surface area contributed by atoms with E-state index in [1.54, 1.807) is 0 Å². The molecule has 0 aromatic carbocycles. The van der Waals surface area contributed by atoms with Crippen LogP contribution in [0.1, 0.15) is 33.6 Å². The summed E-state index contributed by atoms with van der Waals surface area (Å²) < 4.78 is 0. The summed E-state index contributed by atoms with van der Waals surface area (Å²) in [4.78, 5) is 4.69. The van der Waals surface area contributed by atoms with Crippen LogP contribution in [0.25, 0.3) is 0 Å². The summed E-state index contributed by atoms with van der Waals surface area (Å²) in [6.45, 7) is 6.77. The summed E-state index contributed by atoms with van der Waals surface area (Å²) in [5.41, 5.74) is 0. The third kappa shape index (κ3) is 2.01. The lowest BCUT2D eigenvalue weighted by Gasteiger charge is -2.08. The molecule has 0 amide bonds. The average molecular weight is 198 g/mol. The summed E-state index contributed by atoms with van der Waals surface area (Å²) >= 11 is 1.93. The molecule has 2 nitrogen and oxygen atoms in total. The average Bonchev–Trinajstić information content (AvgIpc) is 2.62. The van der Waals surface area contributed by atoms with Gasteiger partial charge in [-0.1, -0.05) is 25.6 Å². The molecular formula is C10H18N2S. The lowest BCUT2D eigenvalue weighted by atomic mass is 10.2. The second-order valence-electron chi connectivity index (χ2n) is 4.21. The highest BCUT2D eigenvalue weighted by atomic mass is 32.2. The molecule has 0 spiro atoms. The predicted molar refractivity (Wildman–Crippen MR) is 59.3 cm³/mol. The van der Waals surface area contributed by atoms with Gasteiger partial charge >= 0.3 is 0 Å². The van der Waals surface area contributed by atoms with Crippen LogP contribution in [0.5, 0.6) is 0 Å². The van der Waals surface area contributed by atoms with Crippen molar-refractivity contribution in [3.63, 3.8) is 0 Å². The molecule has 0 radical (unpaired) electrons. The first kappa shape index (κ1) is 9.38. The van der Waals surface area contributed by atoms with Gasteiger partial charge < -0.3 is 5.32 Å². The molecule has 13 heavy (non-hydrogen) atoms. The van der Waals surface area contributed by atoms with Gasteiger partial charge in [-0.25, -0.2) is 0 Å². The van der Waals surface area contributed by atoms with Crippen molar-refractivity contribution in [3.05, 3.63) is 0 Å². The van der Waals surface area contributed by atoms with Crippen LogP contribution in [-0.2, 0) is 0 Å². The van der Waals surface area contributed by atoms with E-state index in [1.807, 2.05) is 11.8 Å². The SMILES string of the molecule is CCC1SC(=NC2CC2C)NC1C. The molecule has 1 N–H and O–H groups in total. The maximum atomic E-state index is 4.69. The first-order valence-electron chi connectivity index (χ1n) is 5.21.